The van der Waals surface area contributed by atoms with Crippen molar-refractivity contribution in [1.29, 1.82) is 0 Å². The molecule has 100 valence electrons. The topological polar surface area (TPSA) is 18.5 Å². The molecule has 0 aliphatic carbocycles. The fraction of sp³-hybridized carbons (Fsp3) is 0.250. The van der Waals surface area contributed by atoms with Crippen LogP contribution in [0.2, 0.25) is 0 Å². The molecule has 2 aromatic carbocycles. The molecule has 0 aliphatic rings. The standard InChI is InChI=1S/C16H17BrO2/c1-18-14-9-13(10-15(11-14)19-2)16(17)8-12-6-4-3-5-7-12/h3-7,9-11,16H,8H2,1-2H3. The fourth-order valence-corrected chi connectivity index (χ4v) is 2.59. The molecule has 2 nitrogen and oxygen atoms in total. The van der Waals surface area contributed by atoms with Crippen molar-refractivity contribution in [1.82, 2.24) is 0 Å². The van der Waals surface area contributed by atoms with Crippen LogP contribution in [0.15, 0.2) is 48.5 Å². The minimum absolute atomic E-state index is 0.235. The molecule has 0 aliphatic heterocycles. The van der Waals surface area contributed by atoms with Gasteiger partial charge >= 0.3 is 0 Å². The molecule has 0 aromatic heterocycles. The molecule has 0 fully saturated rings. The van der Waals surface area contributed by atoms with Crippen molar-refractivity contribution in [3.8, 4) is 11.5 Å². The highest BCUT2D eigenvalue weighted by Gasteiger charge is 2.11. The Bertz CT molecular complexity index is 503. The first-order valence-corrected chi connectivity index (χ1v) is 7.05. The van der Waals surface area contributed by atoms with Crippen molar-refractivity contribution in [2.45, 2.75) is 11.2 Å². The quantitative estimate of drug-likeness (QED) is 0.761. The first kappa shape index (κ1) is 13.9. The number of hydrogen-bond donors (Lipinski definition) is 0. The molecule has 3 heteroatoms. The van der Waals surface area contributed by atoms with E-state index in [2.05, 4.69) is 40.2 Å². The summed E-state index contributed by atoms with van der Waals surface area (Å²) in [6, 6.07) is 16.3. The molecule has 0 N–H and O–H groups in total. The number of benzene rings is 2. The highest BCUT2D eigenvalue weighted by Crippen LogP contribution is 2.32. The van der Waals surface area contributed by atoms with Gasteiger partial charge in [0, 0.05) is 10.9 Å². The van der Waals surface area contributed by atoms with E-state index < -0.39 is 0 Å². The zero-order valence-electron chi connectivity index (χ0n) is 11.1. The lowest BCUT2D eigenvalue weighted by atomic mass is 10.0. The van der Waals surface area contributed by atoms with Gasteiger partial charge in [0.2, 0.25) is 0 Å². The van der Waals surface area contributed by atoms with Crippen LogP contribution in [0, 0.1) is 0 Å². The lowest BCUT2D eigenvalue weighted by Gasteiger charge is -2.13. The monoisotopic (exact) mass is 320 g/mol. The van der Waals surface area contributed by atoms with Gasteiger partial charge in [0.1, 0.15) is 11.5 Å². The number of methoxy groups -OCH3 is 2. The van der Waals surface area contributed by atoms with Crippen LogP contribution < -0.4 is 9.47 Å². The van der Waals surface area contributed by atoms with Crippen LogP contribution in [-0.2, 0) is 6.42 Å². The number of ether oxygens (including phenoxy) is 2. The van der Waals surface area contributed by atoms with E-state index in [0.29, 0.717) is 0 Å². The Morgan fingerprint density at radius 3 is 2.05 bits per heavy atom. The molecular weight excluding hydrogens is 304 g/mol. The number of alkyl halides is 1. The Kier molecular flexibility index (Phi) is 4.86. The average Bonchev–Trinajstić information content (AvgIpc) is 2.47. The lowest BCUT2D eigenvalue weighted by Crippen LogP contribution is -1.97. The third kappa shape index (κ3) is 3.74. The summed E-state index contributed by atoms with van der Waals surface area (Å²) in [5.74, 6) is 1.62. The van der Waals surface area contributed by atoms with Gasteiger partial charge in [0.15, 0.2) is 0 Å². The molecule has 0 radical (unpaired) electrons. The van der Waals surface area contributed by atoms with Gasteiger partial charge in [-0.1, -0.05) is 46.3 Å². The number of halogens is 1. The second-order valence-corrected chi connectivity index (χ2v) is 5.41. The number of rotatable bonds is 5. The van der Waals surface area contributed by atoms with Gasteiger partial charge in [0.25, 0.3) is 0 Å². The summed E-state index contributed by atoms with van der Waals surface area (Å²) >= 11 is 3.74. The first-order valence-electron chi connectivity index (χ1n) is 6.14. The predicted octanol–water partition coefficient (Wildman–Crippen LogP) is 4.38. The van der Waals surface area contributed by atoms with Crippen molar-refractivity contribution < 1.29 is 9.47 Å². The summed E-state index contributed by atoms with van der Waals surface area (Å²) in [7, 11) is 3.33. The minimum atomic E-state index is 0.235. The van der Waals surface area contributed by atoms with Gasteiger partial charge in [0.05, 0.1) is 14.2 Å². The molecule has 2 aromatic rings. The van der Waals surface area contributed by atoms with E-state index in [9.17, 15) is 0 Å². The predicted molar refractivity (Wildman–Crippen MR) is 81.4 cm³/mol. The Labute approximate surface area is 122 Å². The van der Waals surface area contributed by atoms with E-state index in [-0.39, 0.29) is 4.83 Å². The SMILES string of the molecule is COc1cc(OC)cc(C(Br)Cc2ccccc2)c1. The zero-order valence-corrected chi connectivity index (χ0v) is 12.7. The smallest absolute Gasteiger partial charge is 0.122 e. The molecule has 0 heterocycles. The van der Waals surface area contributed by atoms with Gasteiger partial charge in [-0.25, -0.2) is 0 Å². The third-order valence-electron chi connectivity index (χ3n) is 2.99. The van der Waals surface area contributed by atoms with E-state index in [1.54, 1.807) is 14.2 Å². The van der Waals surface area contributed by atoms with Crippen molar-refractivity contribution >= 4 is 15.9 Å². The van der Waals surface area contributed by atoms with Gasteiger partial charge < -0.3 is 9.47 Å². The summed E-state index contributed by atoms with van der Waals surface area (Å²) in [6.07, 6.45) is 0.928. The molecule has 0 saturated carbocycles. The summed E-state index contributed by atoms with van der Waals surface area (Å²) in [5.41, 5.74) is 2.45. The normalized spacial score (nSPS) is 11.9. The van der Waals surface area contributed by atoms with Gasteiger partial charge in [-0.05, 0) is 29.7 Å². The molecule has 0 spiro atoms. The van der Waals surface area contributed by atoms with Gasteiger partial charge in [-0.15, -0.1) is 0 Å². The Balaban J connectivity index is 2.20. The van der Waals surface area contributed by atoms with Crippen LogP contribution >= 0.6 is 15.9 Å². The second-order valence-electron chi connectivity index (χ2n) is 4.30. The Morgan fingerprint density at radius 2 is 1.53 bits per heavy atom. The highest BCUT2D eigenvalue weighted by molar-refractivity contribution is 9.09. The van der Waals surface area contributed by atoms with Crippen molar-refractivity contribution in [2.75, 3.05) is 14.2 Å². The Hall–Kier alpha value is -1.48. The molecule has 19 heavy (non-hydrogen) atoms. The molecule has 1 unspecified atom stereocenters. The van der Waals surface area contributed by atoms with Crippen LogP contribution in [0.25, 0.3) is 0 Å². The molecule has 0 amide bonds. The third-order valence-corrected chi connectivity index (χ3v) is 3.85. The van der Waals surface area contributed by atoms with Crippen molar-refractivity contribution in [3.63, 3.8) is 0 Å². The van der Waals surface area contributed by atoms with E-state index in [4.69, 9.17) is 9.47 Å². The fourth-order valence-electron chi connectivity index (χ4n) is 1.95. The first-order chi connectivity index (χ1) is 9.22. The van der Waals surface area contributed by atoms with E-state index >= 15 is 0 Å². The van der Waals surface area contributed by atoms with Crippen LogP contribution in [0.1, 0.15) is 16.0 Å². The molecule has 0 bridgehead atoms. The second kappa shape index (κ2) is 6.62. The maximum absolute atomic E-state index is 5.30. The summed E-state index contributed by atoms with van der Waals surface area (Å²) in [5, 5.41) is 0. The maximum atomic E-state index is 5.30. The molecule has 1 atom stereocenters. The minimum Gasteiger partial charge on any atom is -0.497 e. The lowest BCUT2D eigenvalue weighted by molar-refractivity contribution is 0.393. The maximum Gasteiger partial charge on any atom is 0.122 e. The van der Waals surface area contributed by atoms with Gasteiger partial charge in [-0.3, -0.25) is 0 Å². The van der Waals surface area contributed by atoms with Crippen LogP contribution in [-0.4, -0.2) is 14.2 Å². The summed E-state index contributed by atoms with van der Waals surface area (Å²) < 4.78 is 10.6. The van der Waals surface area contributed by atoms with E-state index in [1.807, 2.05) is 24.3 Å². The molecular formula is C16H17BrO2. The van der Waals surface area contributed by atoms with E-state index in [0.717, 1.165) is 23.5 Å². The van der Waals surface area contributed by atoms with Crippen LogP contribution in [0.3, 0.4) is 0 Å². The largest absolute Gasteiger partial charge is 0.497 e. The van der Waals surface area contributed by atoms with E-state index in [1.165, 1.54) is 5.56 Å². The Morgan fingerprint density at radius 1 is 0.947 bits per heavy atom. The van der Waals surface area contributed by atoms with Gasteiger partial charge in [-0.2, -0.15) is 0 Å². The van der Waals surface area contributed by atoms with Crippen molar-refractivity contribution in [3.05, 3.63) is 59.7 Å². The molecule has 2 rings (SSSR count). The van der Waals surface area contributed by atoms with Crippen LogP contribution in [0.4, 0.5) is 0 Å². The average molecular weight is 321 g/mol. The zero-order chi connectivity index (χ0) is 13.7. The molecule has 0 saturated heterocycles. The number of hydrogen-bond acceptors (Lipinski definition) is 2. The summed E-state index contributed by atoms with van der Waals surface area (Å²) in [4.78, 5) is 0.235. The highest BCUT2D eigenvalue weighted by atomic mass is 79.9. The summed E-state index contributed by atoms with van der Waals surface area (Å²) in [6.45, 7) is 0. The van der Waals surface area contributed by atoms with Crippen molar-refractivity contribution in [2.24, 2.45) is 0 Å². The van der Waals surface area contributed by atoms with Crippen LogP contribution in [0.5, 0.6) is 11.5 Å².